The number of imide groups is 1. The van der Waals surface area contributed by atoms with Gasteiger partial charge in [0.2, 0.25) is 0 Å². The third-order valence-electron chi connectivity index (χ3n) is 6.70. The lowest BCUT2D eigenvalue weighted by Gasteiger charge is -2.30. The predicted octanol–water partition coefficient (Wildman–Crippen LogP) is 3.40. The van der Waals surface area contributed by atoms with Crippen LogP contribution in [0.2, 0.25) is 5.02 Å². The minimum atomic E-state index is -0.620. The number of hydrazine groups is 1. The molecule has 0 spiro atoms. The van der Waals surface area contributed by atoms with Gasteiger partial charge in [0, 0.05) is 16.1 Å². The lowest BCUT2D eigenvalue weighted by atomic mass is 9.85. The number of carbonyl (C=O) groups is 4. The fourth-order valence-electron chi connectivity index (χ4n) is 5.12. The molecule has 1 aliphatic heterocycles. The van der Waals surface area contributed by atoms with Gasteiger partial charge >= 0.3 is 0 Å². The Kier molecular flexibility index (Phi) is 5.29. The quantitative estimate of drug-likeness (QED) is 0.371. The first-order valence-electron chi connectivity index (χ1n) is 10.7. The minimum Gasteiger partial charge on any atom is -0.497 e. The fraction of sp³-hybridized carbons (Fsp3) is 0.280. The maximum atomic E-state index is 13.5. The number of hydrogen-bond acceptors (Lipinski definition) is 5. The maximum Gasteiger partial charge on any atom is 0.273 e. The van der Waals surface area contributed by atoms with Gasteiger partial charge in [0.25, 0.3) is 17.7 Å². The van der Waals surface area contributed by atoms with Crippen LogP contribution < -0.4 is 4.74 Å². The van der Waals surface area contributed by atoms with E-state index in [1.165, 1.54) is 19.2 Å². The molecular weight excluding hydrogens is 444 g/mol. The van der Waals surface area contributed by atoms with Crippen molar-refractivity contribution < 1.29 is 23.9 Å². The van der Waals surface area contributed by atoms with E-state index < -0.39 is 41.9 Å². The monoisotopic (exact) mass is 464 g/mol. The number of halogens is 1. The first-order chi connectivity index (χ1) is 15.9. The molecule has 2 fully saturated rings. The summed E-state index contributed by atoms with van der Waals surface area (Å²) in [5, 5.41) is 2.32. The van der Waals surface area contributed by atoms with Crippen molar-refractivity contribution >= 4 is 35.1 Å². The predicted molar refractivity (Wildman–Crippen MR) is 119 cm³/mol. The van der Waals surface area contributed by atoms with E-state index >= 15 is 0 Å². The molecule has 2 aliphatic carbocycles. The number of ketones is 1. The van der Waals surface area contributed by atoms with Gasteiger partial charge in [-0.25, -0.2) is 5.01 Å². The molecule has 1 saturated carbocycles. The smallest absolute Gasteiger partial charge is 0.273 e. The highest BCUT2D eigenvalue weighted by Gasteiger charge is 2.61. The van der Waals surface area contributed by atoms with Gasteiger partial charge in [-0.2, -0.15) is 5.01 Å². The van der Waals surface area contributed by atoms with E-state index in [0.717, 1.165) is 16.4 Å². The van der Waals surface area contributed by atoms with E-state index in [4.69, 9.17) is 16.3 Å². The number of ether oxygens (including phenoxy) is 1. The SMILES string of the molecule is COc1cccc(C(=O)CN(C(=O)c2ccc(Cl)cc2)N2C(=O)[C@@H]3[C@@H](C2=O)[C@H]2C=C[C@H]3C2)c1. The van der Waals surface area contributed by atoms with Crippen LogP contribution in [-0.2, 0) is 9.59 Å². The Morgan fingerprint density at radius 1 is 1.00 bits per heavy atom. The average Bonchev–Trinajstić information content (AvgIpc) is 3.51. The second-order valence-corrected chi connectivity index (χ2v) is 8.95. The van der Waals surface area contributed by atoms with Gasteiger partial charge in [-0.3, -0.25) is 19.2 Å². The van der Waals surface area contributed by atoms with Crippen LogP contribution in [0, 0.1) is 23.7 Å². The summed E-state index contributed by atoms with van der Waals surface area (Å²) in [6, 6.07) is 12.6. The van der Waals surface area contributed by atoms with Gasteiger partial charge in [-0.1, -0.05) is 35.9 Å². The summed E-state index contributed by atoms with van der Waals surface area (Å²) >= 11 is 5.95. The molecule has 3 aliphatic rings. The Labute approximate surface area is 195 Å². The number of nitrogens with zero attached hydrogens (tertiary/aromatic N) is 2. The normalized spacial score (nSPS) is 24.8. The highest BCUT2D eigenvalue weighted by Crippen LogP contribution is 2.52. The number of hydrogen-bond donors (Lipinski definition) is 0. The summed E-state index contributed by atoms with van der Waals surface area (Å²) in [4.78, 5) is 53.3. The largest absolute Gasteiger partial charge is 0.497 e. The number of rotatable bonds is 6. The average molecular weight is 465 g/mol. The lowest BCUT2D eigenvalue weighted by molar-refractivity contribution is -0.154. The molecule has 0 aromatic heterocycles. The molecule has 1 saturated heterocycles. The van der Waals surface area contributed by atoms with Crippen LogP contribution >= 0.6 is 11.6 Å². The molecule has 5 rings (SSSR count). The van der Waals surface area contributed by atoms with Crippen LogP contribution in [0.5, 0.6) is 5.75 Å². The topological polar surface area (TPSA) is 84.0 Å². The Balaban J connectivity index is 1.49. The molecule has 1 heterocycles. The van der Waals surface area contributed by atoms with E-state index in [-0.39, 0.29) is 17.4 Å². The Morgan fingerprint density at radius 2 is 1.64 bits per heavy atom. The third-order valence-corrected chi connectivity index (χ3v) is 6.95. The van der Waals surface area contributed by atoms with Gasteiger partial charge in [-0.05, 0) is 54.7 Å². The fourth-order valence-corrected chi connectivity index (χ4v) is 5.25. The van der Waals surface area contributed by atoms with Crippen LogP contribution in [0.1, 0.15) is 27.1 Å². The molecule has 3 amide bonds. The number of fused-ring (bicyclic) bond motifs is 5. The summed E-state index contributed by atoms with van der Waals surface area (Å²) in [5.41, 5.74) is 0.529. The number of methoxy groups -OCH3 is 1. The van der Waals surface area contributed by atoms with Gasteiger partial charge in [0.05, 0.1) is 18.9 Å². The van der Waals surface area contributed by atoms with Crippen molar-refractivity contribution in [3.05, 3.63) is 76.8 Å². The van der Waals surface area contributed by atoms with Crippen molar-refractivity contribution in [2.45, 2.75) is 6.42 Å². The Hall–Kier alpha value is -3.45. The second kappa shape index (κ2) is 8.15. The van der Waals surface area contributed by atoms with Crippen molar-refractivity contribution in [1.29, 1.82) is 0 Å². The molecule has 8 heteroatoms. The number of Topliss-reactive ketones (excluding diaryl/α,β-unsaturated/α-hetero) is 1. The Bertz CT molecular complexity index is 1160. The summed E-state index contributed by atoms with van der Waals surface area (Å²) in [7, 11) is 1.49. The number of benzene rings is 2. The van der Waals surface area contributed by atoms with Crippen LogP contribution in [0.4, 0.5) is 0 Å². The molecule has 0 N–H and O–H groups in total. The Morgan fingerprint density at radius 3 is 2.24 bits per heavy atom. The van der Waals surface area contributed by atoms with Crippen LogP contribution in [-0.4, -0.2) is 47.2 Å². The molecule has 0 radical (unpaired) electrons. The van der Waals surface area contributed by atoms with E-state index in [9.17, 15) is 19.2 Å². The molecule has 2 bridgehead atoms. The van der Waals surface area contributed by atoms with Gasteiger partial charge in [-0.15, -0.1) is 0 Å². The third kappa shape index (κ3) is 3.53. The van der Waals surface area contributed by atoms with Crippen molar-refractivity contribution in [3.8, 4) is 5.75 Å². The summed E-state index contributed by atoms with van der Waals surface area (Å²) in [5.74, 6) is -2.40. The molecule has 168 valence electrons. The highest BCUT2D eigenvalue weighted by molar-refractivity contribution is 6.30. The van der Waals surface area contributed by atoms with Gasteiger partial charge in [0.1, 0.15) is 12.3 Å². The van der Waals surface area contributed by atoms with E-state index in [1.54, 1.807) is 36.4 Å². The molecule has 4 atom stereocenters. The minimum absolute atomic E-state index is 0.0111. The zero-order valence-electron chi connectivity index (χ0n) is 17.8. The van der Waals surface area contributed by atoms with Crippen molar-refractivity contribution in [3.63, 3.8) is 0 Å². The van der Waals surface area contributed by atoms with E-state index in [1.807, 2.05) is 12.2 Å². The summed E-state index contributed by atoms with van der Waals surface area (Å²) in [6.07, 6.45) is 4.73. The van der Waals surface area contributed by atoms with Gasteiger partial charge < -0.3 is 4.74 Å². The van der Waals surface area contributed by atoms with Crippen molar-refractivity contribution in [2.24, 2.45) is 23.7 Å². The molecule has 2 aromatic carbocycles. The standard InChI is InChI=1S/C25H21ClN2O5/c1-33-19-4-2-3-15(12-19)20(29)13-27(23(30)14-7-9-18(26)10-8-14)28-24(31)21-16-5-6-17(11-16)22(21)25(28)32/h2-10,12,16-17,21-22H,11,13H2,1H3/t16-,17-,21-,22-/m0/s1. The summed E-state index contributed by atoms with van der Waals surface area (Å²) < 4.78 is 5.18. The second-order valence-electron chi connectivity index (χ2n) is 8.51. The lowest BCUT2D eigenvalue weighted by Crippen LogP contribution is -2.52. The highest BCUT2D eigenvalue weighted by atomic mass is 35.5. The first-order valence-corrected chi connectivity index (χ1v) is 11.1. The molecule has 0 unspecified atom stereocenters. The van der Waals surface area contributed by atoms with Crippen LogP contribution in [0.25, 0.3) is 0 Å². The van der Waals surface area contributed by atoms with Crippen molar-refractivity contribution in [2.75, 3.05) is 13.7 Å². The van der Waals surface area contributed by atoms with Gasteiger partial charge in [0.15, 0.2) is 5.78 Å². The first kappa shape index (κ1) is 21.4. The molecular formula is C25H21ClN2O5. The summed E-state index contributed by atoms with van der Waals surface area (Å²) in [6.45, 7) is -0.464. The van der Waals surface area contributed by atoms with Crippen LogP contribution in [0.3, 0.4) is 0 Å². The van der Waals surface area contributed by atoms with E-state index in [2.05, 4.69) is 0 Å². The number of allylic oxidation sites excluding steroid dienone is 2. The molecule has 2 aromatic rings. The van der Waals surface area contributed by atoms with E-state index in [0.29, 0.717) is 16.3 Å². The number of carbonyl (C=O) groups excluding carboxylic acids is 4. The van der Waals surface area contributed by atoms with Crippen molar-refractivity contribution in [1.82, 2.24) is 10.0 Å². The zero-order chi connectivity index (χ0) is 23.3. The maximum absolute atomic E-state index is 13.5. The number of amides is 3. The molecule has 7 nitrogen and oxygen atoms in total. The molecule has 33 heavy (non-hydrogen) atoms. The zero-order valence-corrected chi connectivity index (χ0v) is 18.6. The van der Waals surface area contributed by atoms with Crippen LogP contribution in [0.15, 0.2) is 60.7 Å².